The lowest BCUT2D eigenvalue weighted by molar-refractivity contribution is -0.111. The normalized spacial score (nSPS) is 11.0. The van der Waals surface area contributed by atoms with Crippen molar-refractivity contribution in [3.8, 4) is 0 Å². The number of rotatable bonds is 5. The predicted octanol–water partition coefficient (Wildman–Crippen LogP) is 4.51. The van der Waals surface area contributed by atoms with Crippen LogP contribution in [0.4, 0.5) is 14.5 Å². The van der Waals surface area contributed by atoms with Crippen molar-refractivity contribution in [1.29, 1.82) is 0 Å². The molecule has 26 heavy (non-hydrogen) atoms. The van der Waals surface area contributed by atoms with E-state index in [0.29, 0.717) is 28.4 Å². The Kier molecular flexibility index (Phi) is 5.43. The molecule has 0 fully saturated rings. The summed E-state index contributed by atoms with van der Waals surface area (Å²) in [5.74, 6) is -1.07. The van der Waals surface area contributed by atoms with Gasteiger partial charge in [-0.25, -0.2) is 8.78 Å². The molecule has 1 amide bonds. The van der Waals surface area contributed by atoms with Crippen LogP contribution in [-0.2, 0) is 11.3 Å². The maximum atomic E-state index is 13.1. The number of hydrogen-bond acceptors (Lipinski definition) is 2. The average Bonchev–Trinajstić information content (AvgIpc) is 3.04. The second-order valence-electron chi connectivity index (χ2n) is 5.54. The molecule has 3 aromatic rings. The van der Waals surface area contributed by atoms with Gasteiger partial charge in [0.2, 0.25) is 5.91 Å². The van der Waals surface area contributed by atoms with Gasteiger partial charge in [-0.3, -0.25) is 9.48 Å². The Hall–Kier alpha value is -2.99. The third kappa shape index (κ3) is 4.77. The summed E-state index contributed by atoms with van der Waals surface area (Å²) in [6, 6.07) is 9.94. The van der Waals surface area contributed by atoms with Crippen LogP contribution < -0.4 is 5.32 Å². The van der Waals surface area contributed by atoms with Crippen molar-refractivity contribution in [3.05, 3.63) is 88.7 Å². The number of benzene rings is 2. The van der Waals surface area contributed by atoms with Gasteiger partial charge in [0.05, 0.1) is 18.4 Å². The lowest BCUT2D eigenvalue weighted by Crippen LogP contribution is -2.07. The summed E-state index contributed by atoms with van der Waals surface area (Å²) in [4.78, 5) is 11.9. The van der Waals surface area contributed by atoms with Gasteiger partial charge >= 0.3 is 0 Å². The summed E-state index contributed by atoms with van der Waals surface area (Å²) in [5, 5.41) is 7.13. The molecule has 2 aromatic carbocycles. The van der Waals surface area contributed by atoms with E-state index in [1.54, 1.807) is 35.2 Å². The Balaban J connectivity index is 1.60. The zero-order chi connectivity index (χ0) is 18.5. The van der Waals surface area contributed by atoms with Crippen LogP contribution in [0.15, 0.2) is 60.9 Å². The van der Waals surface area contributed by atoms with E-state index < -0.39 is 5.82 Å². The first kappa shape index (κ1) is 17.8. The molecule has 0 saturated heterocycles. The van der Waals surface area contributed by atoms with E-state index in [2.05, 4.69) is 10.4 Å². The van der Waals surface area contributed by atoms with E-state index in [1.807, 2.05) is 0 Å². The second-order valence-corrected chi connectivity index (χ2v) is 5.94. The molecule has 3 rings (SSSR count). The number of carbonyl (C=O) groups is 1. The SMILES string of the molecule is O=C(/C=C/c1ccc(F)cc1)Nc1cnn(Cc2ccc(F)cc2Cl)c1. The molecule has 4 nitrogen and oxygen atoms in total. The average molecular weight is 374 g/mol. The summed E-state index contributed by atoms with van der Waals surface area (Å²) in [6.07, 6.45) is 6.07. The zero-order valence-corrected chi connectivity index (χ0v) is 14.3. The predicted molar refractivity (Wildman–Crippen MR) is 96.8 cm³/mol. The molecular formula is C19H14ClF2N3O. The van der Waals surface area contributed by atoms with Crippen molar-refractivity contribution in [2.45, 2.75) is 6.54 Å². The lowest BCUT2D eigenvalue weighted by atomic mass is 10.2. The highest BCUT2D eigenvalue weighted by Crippen LogP contribution is 2.18. The highest BCUT2D eigenvalue weighted by Gasteiger charge is 2.06. The van der Waals surface area contributed by atoms with Crippen LogP contribution >= 0.6 is 11.6 Å². The summed E-state index contributed by atoms with van der Waals surface area (Å²) in [6.45, 7) is 0.348. The smallest absolute Gasteiger partial charge is 0.248 e. The molecule has 0 unspecified atom stereocenters. The largest absolute Gasteiger partial charge is 0.320 e. The minimum Gasteiger partial charge on any atom is -0.320 e. The molecule has 0 spiro atoms. The van der Waals surface area contributed by atoms with Gasteiger partial charge in [0, 0.05) is 17.3 Å². The maximum Gasteiger partial charge on any atom is 0.248 e. The summed E-state index contributed by atoms with van der Waals surface area (Å²) >= 11 is 6.00. The Bertz CT molecular complexity index is 952. The quantitative estimate of drug-likeness (QED) is 0.669. The number of amides is 1. The van der Waals surface area contributed by atoms with Crippen LogP contribution in [0.5, 0.6) is 0 Å². The fraction of sp³-hybridized carbons (Fsp3) is 0.0526. The Morgan fingerprint density at radius 2 is 1.88 bits per heavy atom. The van der Waals surface area contributed by atoms with Crippen molar-refractivity contribution in [1.82, 2.24) is 9.78 Å². The highest BCUT2D eigenvalue weighted by atomic mass is 35.5. The van der Waals surface area contributed by atoms with E-state index >= 15 is 0 Å². The van der Waals surface area contributed by atoms with E-state index in [4.69, 9.17) is 11.6 Å². The van der Waals surface area contributed by atoms with E-state index in [9.17, 15) is 13.6 Å². The molecule has 0 saturated carbocycles. The van der Waals surface area contributed by atoms with Crippen molar-refractivity contribution in [2.24, 2.45) is 0 Å². The molecule has 0 radical (unpaired) electrons. The van der Waals surface area contributed by atoms with E-state index in [1.165, 1.54) is 36.5 Å². The molecule has 132 valence electrons. The van der Waals surface area contributed by atoms with E-state index in [0.717, 1.165) is 0 Å². The fourth-order valence-corrected chi connectivity index (χ4v) is 2.50. The molecule has 0 bridgehead atoms. The number of nitrogens with zero attached hydrogens (tertiary/aromatic N) is 2. The van der Waals surface area contributed by atoms with Gasteiger partial charge in [0.1, 0.15) is 11.6 Å². The minimum absolute atomic E-state index is 0.313. The first-order valence-electron chi connectivity index (χ1n) is 7.70. The van der Waals surface area contributed by atoms with Crippen molar-refractivity contribution in [2.75, 3.05) is 5.32 Å². The van der Waals surface area contributed by atoms with Gasteiger partial charge in [-0.15, -0.1) is 0 Å². The van der Waals surface area contributed by atoms with Gasteiger partial charge in [0.25, 0.3) is 0 Å². The van der Waals surface area contributed by atoms with Crippen LogP contribution in [0.3, 0.4) is 0 Å². The summed E-state index contributed by atoms with van der Waals surface area (Å²) < 4.78 is 27.5. The molecule has 0 aliphatic carbocycles. The maximum absolute atomic E-state index is 13.1. The number of halogens is 3. The van der Waals surface area contributed by atoms with Crippen LogP contribution in [0, 0.1) is 11.6 Å². The van der Waals surface area contributed by atoms with Gasteiger partial charge in [-0.2, -0.15) is 5.10 Å². The van der Waals surface area contributed by atoms with Crippen LogP contribution in [0.2, 0.25) is 5.02 Å². The molecule has 0 aliphatic rings. The number of anilines is 1. The molecule has 7 heteroatoms. The van der Waals surface area contributed by atoms with Gasteiger partial charge in [-0.1, -0.05) is 29.8 Å². The standard InChI is InChI=1S/C19H14ClF2N3O/c20-18-9-16(22)7-4-14(18)11-25-12-17(10-23-25)24-19(26)8-3-13-1-5-15(21)6-2-13/h1-10,12H,11H2,(H,24,26)/b8-3+. The third-order valence-corrected chi connectivity index (χ3v) is 3.90. The number of carbonyl (C=O) groups excluding carboxylic acids is 1. The summed E-state index contributed by atoms with van der Waals surface area (Å²) in [7, 11) is 0. The van der Waals surface area contributed by atoms with E-state index in [-0.39, 0.29) is 11.7 Å². The third-order valence-electron chi connectivity index (χ3n) is 3.55. The van der Waals surface area contributed by atoms with Crippen LogP contribution in [0.1, 0.15) is 11.1 Å². The number of aromatic nitrogens is 2. The van der Waals surface area contributed by atoms with Crippen molar-refractivity contribution < 1.29 is 13.6 Å². The molecule has 0 aliphatic heterocycles. The number of hydrogen-bond donors (Lipinski definition) is 1. The van der Waals surface area contributed by atoms with Gasteiger partial charge < -0.3 is 5.32 Å². The Labute approximate surface area is 153 Å². The first-order chi connectivity index (χ1) is 12.5. The second kappa shape index (κ2) is 7.93. The Morgan fingerprint density at radius 1 is 1.15 bits per heavy atom. The van der Waals surface area contributed by atoms with Gasteiger partial charge in [0.15, 0.2) is 0 Å². The van der Waals surface area contributed by atoms with Gasteiger partial charge in [-0.05, 0) is 41.5 Å². The van der Waals surface area contributed by atoms with Crippen molar-refractivity contribution >= 4 is 29.3 Å². The summed E-state index contributed by atoms with van der Waals surface area (Å²) in [5.41, 5.74) is 1.94. The zero-order valence-electron chi connectivity index (χ0n) is 13.5. The monoisotopic (exact) mass is 373 g/mol. The minimum atomic E-state index is -0.403. The topological polar surface area (TPSA) is 46.9 Å². The number of nitrogens with one attached hydrogen (secondary N) is 1. The first-order valence-corrected chi connectivity index (χ1v) is 8.08. The van der Waals surface area contributed by atoms with Crippen LogP contribution in [0.25, 0.3) is 6.08 Å². The lowest BCUT2D eigenvalue weighted by Gasteiger charge is -2.04. The van der Waals surface area contributed by atoms with Crippen molar-refractivity contribution in [3.63, 3.8) is 0 Å². The highest BCUT2D eigenvalue weighted by molar-refractivity contribution is 6.31. The molecular weight excluding hydrogens is 360 g/mol. The fourth-order valence-electron chi connectivity index (χ4n) is 2.27. The molecule has 0 atom stereocenters. The molecule has 1 heterocycles. The van der Waals surface area contributed by atoms with Crippen LogP contribution in [-0.4, -0.2) is 15.7 Å². The molecule has 1 N–H and O–H groups in total. The molecule has 1 aromatic heterocycles. The Morgan fingerprint density at radius 3 is 2.62 bits per heavy atom.